The first-order chi connectivity index (χ1) is 8.16. The summed E-state index contributed by atoms with van der Waals surface area (Å²) in [7, 11) is 3.35. The maximum Gasteiger partial charge on any atom is 0.161 e. The summed E-state index contributed by atoms with van der Waals surface area (Å²) in [6.07, 6.45) is 2.21. The van der Waals surface area contributed by atoms with Crippen molar-refractivity contribution in [2.45, 2.75) is 25.4 Å². The Balaban J connectivity index is 2.15. The summed E-state index contributed by atoms with van der Waals surface area (Å²) in [6, 6.07) is 4.18. The third-order valence-electron chi connectivity index (χ3n) is 4.00. The van der Waals surface area contributed by atoms with Crippen LogP contribution in [0.2, 0.25) is 0 Å². The van der Waals surface area contributed by atoms with Crippen LogP contribution in [0.1, 0.15) is 24.5 Å². The molecule has 3 heteroatoms. The first-order valence-corrected chi connectivity index (χ1v) is 6.05. The van der Waals surface area contributed by atoms with E-state index in [2.05, 4.69) is 19.1 Å². The van der Waals surface area contributed by atoms with Crippen molar-refractivity contribution in [1.82, 2.24) is 0 Å². The van der Waals surface area contributed by atoms with Crippen molar-refractivity contribution in [2.75, 3.05) is 20.8 Å². The quantitative estimate of drug-likeness (QED) is 0.787. The van der Waals surface area contributed by atoms with Crippen molar-refractivity contribution in [3.8, 4) is 11.5 Å². The molecule has 0 aromatic heterocycles. The number of benzene rings is 1. The summed E-state index contributed by atoms with van der Waals surface area (Å²) in [4.78, 5) is 0. The Morgan fingerprint density at radius 3 is 2.65 bits per heavy atom. The van der Waals surface area contributed by atoms with Crippen LogP contribution in [0.5, 0.6) is 11.5 Å². The molecular weight excluding hydrogens is 216 g/mol. The molecule has 1 heterocycles. The second kappa shape index (κ2) is 3.64. The zero-order valence-corrected chi connectivity index (χ0v) is 10.6. The van der Waals surface area contributed by atoms with Crippen LogP contribution in [-0.2, 0) is 16.8 Å². The van der Waals surface area contributed by atoms with Crippen LogP contribution in [0.3, 0.4) is 0 Å². The predicted octanol–water partition coefficient (Wildman–Crippen LogP) is 2.51. The number of hydrogen-bond donors (Lipinski definition) is 0. The van der Waals surface area contributed by atoms with Crippen LogP contribution in [0.15, 0.2) is 12.1 Å². The van der Waals surface area contributed by atoms with Gasteiger partial charge in [-0.25, -0.2) is 0 Å². The average Bonchev–Trinajstić information content (AvgIpc) is 2.65. The van der Waals surface area contributed by atoms with E-state index in [9.17, 15) is 0 Å². The van der Waals surface area contributed by atoms with Gasteiger partial charge < -0.3 is 14.2 Å². The molecule has 1 aliphatic heterocycles. The van der Waals surface area contributed by atoms with Gasteiger partial charge in [-0.05, 0) is 48.9 Å². The summed E-state index contributed by atoms with van der Waals surface area (Å²) in [5, 5.41) is 0. The molecule has 1 unspecified atom stereocenters. The van der Waals surface area contributed by atoms with Crippen molar-refractivity contribution >= 4 is 0 Å². The highest BCUT2D eigenvalue weighted by atomic mass is 16.5. The molecule has 1 aliphatic carbocycles. The molecule has 3 nitrogen and oxygen atoms in total. The molecule has 1 saturated heterocycles. The number of hydrogen-bond acceptors (Lipinski definition) is 3. The lowest BCUT2D eigenvalue weighted by Crippen LogP contribution is -2.26. The van der Waals surface area contributed by atoms with E-state index in [1.54, 1.807) is 14.2 Å². The number of ether oxygens (including phenoxy) is 3. The maximum absolute atomic E-state index is 5.97. The number of rotatable bonds is 2. The van der Waals surface area contributed by atoms with Crippen molar-refractivity contribution in [3.63, 3.8) is 0 Å². The van der Waals surface area contributed by atoms with Gasteiger partial charge >= 0.3 is 0 Å². The third kappa shape index (κ3) is 1.53. The fourth-order valence-electron chi connectivity index (χ4n) is 3.18. The van der Waals surface area contributed by atoms with Gasteiger partial charge in [0.15, 0.2) is 11.5 Å². The average molecular weight is 234 g/mol. The van der Waals surface area contributed by atoms with Gasteiger partial charge in [0.25, 0.3) is 0 Å². The molecule has 2 bridgehead atoms. The van der Waals surface area contributed by atoms with Gasteiger partial charge in [0, 0.05) is 0 Å². The van der Waals surface area contributed by atoms with E-state index in [1.165, 1.54) is 11.1 Å². The molecule has 0 amide bonds. The van der Waals surface area contributed by atoms with Crippen molar-refractivity contribution in [3.05, 3.63) is 23.3 Å². The molecule has 1 aromatic carbocycles. The smallest absolute Gasteiger partial charge is 0.161 e. The molecule has 17 heavy (non-hydrogen) atoms. The fraction of sp³-hybridized carbons (Fsp3) is 0.571. The van der Waals surface area contributed by atoms with Gasteiger partial charge in [0.1, 0.15) is 0 Å². The van der Waals surface area contributed by atoms with Crippen molar-refractivity contribution in [2.24, 2.45) is 5.92 Å². The highest BCUT2D eigenvalue weighted by Crippen LogP contribution is 2.48. The van der Waals surface area contributed by atoms with E-state index in [-0.39, 0.29) is 5.60 Å². The predicted molar refractivity (Wildman–Crippen MR) is 64.7 cm³/mol. The Bertz CT molecular complexity index is 455. The monoisotopic (exact) mass is 234 g/mol. The lowest BCUT2D eigenvalue weighted by molar-refractivity contribution is 0.0168. The minimum Gasteiger partial charge on any atom is -0.493 e. The Morgan fingerprint density at radius 2 is 1.94 bits per heavy atom. The van der Waals surface area contributed by atoms with E-state index in [1.807, 2.05) is 0 Å². The molecule has 0 radical (unpaired) electrons. The Labute approximate surface area is 102 Å². The van der Waals surface area contributed by atoms with Gasteiger partial charge in [0.2, 0.25) is 0 Å². The molecular formula is C14H18O3. The molecule has 92 valence electrons. The third-order valence-corrected chi connectivity index (χ3v) is 4.00. The largest absolute Gasteiger partial charge is 0.493 e. The van der Waals surface area contributed by atoms with E-state index in [0.29, 0.717) is 5.92 Å². The number of methoxy groups -OCH3 is 2. The van der Waals surface area contributed by atoms with Crippen LogP contribution in [0.4, 0.5) is 0 Å². The van der Waals surface area contributed by atoms with Gasteiger partial charge in [-0.15, -0.1) is 0 Å². The summed E-state index contributed by atoms with van der Waals surface area (Å²) in [5.41, 5.74) is 2.49. The molecule has 0 saturated carbocycles. The number of fused-ring (bicyclic) bond motifs is 4. The molecule has 2 aliphatic rings. The van der Waals surface area contributed by atoms with Crippen LogP contribution < -0.4 is 9.47 Å². The summed E-state index contributed by atoms with van der Waals surface area (Å²) < 4.78 is 16.7. The Morgan fingerprint density at radius 1 is 1.24 bits per heavy atom. The standard InChI is InChI=1S/C14H18O3/c1-14-7-9(8-17-14)4-10-5-12(15-2)13(16-3)6-11(10)14/h5-6,9H,4,7-8H2,1-3H3/t9-,14?/m0/s1. The Hall–Kier alpha value is -1.22. The zero-order valence-electron chi connectivity index (χ0n) is 10.6. The lowest BCUT2D eigenvalue weighted by Gasteiger charge is -2.31. The van der Waals surface area contributed by atoms with Gasteiger partial charge in [-0.2, -0.15) is 0 Å². The Kier molecular flexibility index (Phi) is 2.33. The molecule has 1 fully saturated rings. The van der Waals surface area contributed by atoms with Crippen LogP contribution >= 0.6 is 0 Å². The lowest BCUT2D eigenvalue weighted by atomic mass is 9.77. The minimum atomic E-state index is -0.127. The van der Waals surface area contributed by atoms with Crippen LogP contribution in [0, 0.1) is 5.92 Å². The second-order valence-corrected chi connectivity index (χ2v) is 5.18. The molecule has 3 rings (SSSR count). The van der Waals surface area contributed by atoms with Gasteiger partial charge in [-0.1, -0.05) is 0 Å². The molecule has 2 atom stereocenters. The topological polar surface area (TPSA) is 27.7 Å². The van der Waals surface area contributed by atoms with Crippen molar-refractivity contribution < 1.29 is 14.2 Å². The van der Waals surface area contributed by atoms with Gasteiger partial charge in [0.05, 0.1) is 26.4 Å². The molecule has 1 aromatic rings. The van der Waals surface area contributed by atoms with E-state index in [0.717, 1.165) is 30.9 Å². The minimum absolute atomic E-state index is 0.127. The van der Waals surface area contributed by atoms with Gasteiger partial charge in [-0.3, -0.25) is 0 Å². The first kappa shape index (κ1) is 10.9. The fourth-order valence-corrected chi connectivity index (χ4v) is 3.18. The van der Waals surface area contributed by atoms with Crippen molar-refractivity contribution in [1.29, 1.82) is 0 Å². The maximum atomic E-state index is 5.97. The summed E-state index contributed by atoms with van der Waals surface area (Å²) in [5.74, 6) is 2.27. The van der Waals surface area contributed by atoms with Crippen LogP contribution in [-0.4, -0.2) is 20.8 Å². The summed E-state index contributed by atoms with van der Waals surface area (Å²) in [6.45, 7) is 3.05. The second-order valence-electron chi connectivity index (χ2n) is 5.18. The molecule has 0 N–H and O–H groups in total. The SMILES string of the molecule is COc1cc2c(cc1OC)C1(C)C[C@@H](CO1)C2. The van der Waals surface area contributed by atoms with E-state index < -0.39 is 0 Å². The molecule has 0 spiro atoms. The first-order valence-electron chi connectivity index (χ1n) is 6.05. The van der Waals surface area contributed by atoms with Crippen LogP contribution in [0.25, 0.3) is 0 Å². The highest BCUT2D eigenvalue weighted by Gasteiger charge is 2.43. The highest BCUT2D eigenvalue weighted by molar-refractivity contribution is 5.50. The normalized spacial score (nSPS) is 29.9. The van der Waals surface area contributed by atoms with E-state index in [4.69, 9.17) is 14.2 Å². The summed E-state index contributed by atoms with van der Waals surface area (Å²) >= 11 is 0. The van der Waals surface area contributed by atoms with E-state index >= 15 is 0 Å². The zero-order chi connectivity index (χ0) is 12.0.